The minimum absolute atomic E-state index is 0.0289. The number of nitrogens with zero attached hydrogens (tertiary/aromatic N) is 1. The van der Waals surface area contributed by atoms with Crippen LogP contribution in [0.5, 0.6) is 5.75 Å². The van der Waals surface area contributed by atoms with Gasteiger partial charge in [0.25, 0.3) is 5.91 Å². The molecule has 5 nitrogen and oxygen atoms in total. The number of hydrogen-bond acceptors (Lipinski definition) is 4. The molecule has 0 unspecified atom stereocenters. The Balaban J connectivity index is 1.75. The van der Waals surface area contributed by atoms with E-state index >= 15 is 0 Å². The van der Waals surface area contributed by atoms with Crippen molar-refractivity contribution in [3.8, 4) is 5.75 Å². The molecule has 2 aromatic rings. The van der Waals surface area contributed by atoms with E-state index in [1.165, 1.54) is 26.2 Å². The second-order valence-electron chi connectivity index (χ2n) is 6.28. The number of para-hydroxylation sites is 1. The van der Waals surface area contributed by atoms with Crippen molar-refractivity contribution in [1.29, 1.82) is 0 Å². The number of ether oxygens (including phenoxy) is 2. The summed E-state index contributed by atoms with van der Waals surface area (Å²) in [4.78, 5) is 26.7. The molecule has 0 saturated carbocycles. The number of rotatable bonds is 4. The molecular weight excluding hydrogens is 337 g/mol. The number of methoxy groups -OCH3 is 1. The molecule has 3 rings (SSSR count). The Bertz CT molecular complexity index is 851. The standard InChI is InChI=1S/C20H20FNO4/c1-12-10-14-6-4-5-7-18(14)22(12)19(23)13(2)26-20(24)16-9-8-15(25-3)11-17(16)21/h4-9,11-13H,10H2,1-3H3/t12-,13-/m1/s1. The number of carbonyl (C=O) groups is 2. The van der Waals surface area contributed by atoms with Crippen molar-refractivity contribution in [3.05, 3.63) is 59.4 Å². The summed E-state index contributed by atoms with van der Waals surface area (Å²) in [6, 6.07) is 11.4. The van der Waals surface area contributed by atoms with E-state index in [2.05, 4.69) is 0 Å². The maximum Gasteiger partial charge on any atom is 0.341 e. The molecule has 1 aliphatic rings. The first-order valence-corrected chi connectivity index (χ1v) is 8.38. The molecule has 0 aromatic heterocycles. The van der Waals surface area contributed by atoms with Crippen LogP contribution in [0.4, 0.5) is 10.1 Å². The molecule has 0 radical (unpaired) electrons. The van der Waals surface area contributed by atoms with Gasteiger partial charge in [-0.3, -0.25) is 4.79 Å². The highest BCUT2D eigenvalue weighted by atomic mass is 19.1. The van der Waals surface area contributed by atoms with Crippen LogP contribution in [-0.2, 0) is 16.0 Å². The van der Waals surface area contributed by atoms with Crippen molar-refractivity contribution in [3.63, 3.8) is 0 Å². The third-order valence-corrected chi connectivity index (χ3v) is 4.47. The van der Waals surface area contributed by atoms with E-state index in [1.54, 1.807) is 4.90 Å². The van der Waals surface area contributed by atoms with Gasteiger partial charge < -0.3 is 14.4 Å². The van der Waals surface area contributed by atoms with E-state index in [9.17, 15) is 14.0 Å². The molecule has 0 fully saturated rings. The molecule has 0 saturated heterocycles. The van der Waals surface area contributed by atoms with Crippen LogP contribution in [0, 0.1) is 5.82 Å². The van der Waals surface area contributed by atoms with Gasteiger partial charge in [0.2, 0.25) is 0 Å². The highest BCUT2D eigenvalue weighted by molar-refractivity contribution is 6.01. The highest BCUT2D eigenvalue weighted by Gasteiger charge is 2.34. The lowest BCUT2D eigenvalue weighted by Crippen LogP contribution is -2.43. The van der Waals surface area contributed by atoms with Gasteiger partial charge in [0, 0.05) is 17.8 Å². The van der Waals surface area contributed by atoms with Gasteiger partial charge >= 0.3 is 5.97 Å². The zero-order chi connectivity index (χ0) is 18.8. The second kappa shape index (κ2) is 7.15. The Morgan fingerprint density at radius 2 is 1.96 bits per heavy atom. The zero-order valence-electron chi connectivity index (χ0n) is 14.9. The van der Waals surface area contributed by atoms with Crippen molar-refractivity contribution in [1.82, 2.24) is 0 Å². The van der Waals surface area contributed by atoms with E-state index in [-0.39, 0.29) is 17.5 Å². The summed E-state index contributed by atoms with van der Waals surface area (Å²) in [6.45, 7) is 3.44. The monoisotopic (exact) mass is 357 g/mol. The number of halogens is 1. The molecule has 0 aliphatic carbocycles. The summed E-state index contributed by atoms with van der Waals surface area (Å²) < 4.78 is 24.1. The van der Waals surface area contributed by atoms with Gasteiger partial charge in [-0.25, -0.2) is 9.18 Å². The van der Waals surface area contributed by atoms with Crippen LogP contribution < -0.4 is 9.64 Å². The van der Waals surface area contributed by atoms with Gasteiger partial charge in [0.05, 0.1) is 12.7 Å². The summed E-state index contributed by atoms with van der Waals surface area (Å²) >= 11 is 0. The highest BCUT2D eigenvalue weighted by Crippen LogP contribution is 2.32. The van der Waals surface area contributed by atoms with Crippen molar-refractivity contribution in [2.45, 2.75) is 32.4 Å². The quantitative estimate of drug-likeness (QED) is 0.788. The molecule has 0 bridgehead atoms. The van der Waals surface area contributed by atoms with Crippen LogP contribution in [0.3, 0.4) is 0 Å². The number of carbonyl (C=O) groups excluding carboxylic acids is 2. The third-order valence-electron chi connectivity index (χ3n) is 4.47. The lowest BCUT2D eigenvalue weighted by atomic mass is 10.1. The summed E-state index contributed by atoms with van der Waals surface area (Å²) in [6.07, 6.45) is -0.284. The Morgan fingerprint density at radius 1 is 1.23 bits per heavy atom. The summed E-state index contributed by atoms with van der Waals surface area (Å²) in [5.41, 5.74) is 1.66. The largest absolute Gasteiger partial charge is 0.497 e. The first-order valence-electron chi connectivity index (χ1n) is 8.38. The number of esters is 1. The molecule has 1 amide bonds. The first-order chi connectivity index (χ1) is 12.4. The maximum absolute atomic E-state index is 14.0. The van der Waals surface area contributed by atoms with E-state index < -0.39 is 17.9 Å². The van der Waals surface area contributed by atoms with Crippen LogP contribution in [0.25, 0.3) is 0 Å². The van der Waals surface area contributed by atoms with Gasteiger partial charge in [0.15, 0.2) is 6.10 Å². The Kier molecular flexibility index (Phi) is 4.93. The zero-order valence-corrected chi connectivity index (χ0v) is 14.9. The van der Waals surface area contributed by atoms with Gasteiger partial charge in [-0.15, -0.1) is 0 Å². The molecular formula is C20H20FNO4. The summed E-state index contributed by atoms with van der Waals surface area (Å²) in [7, 11) is 1.41. The van der Waals surface area contributed by atoms with E-state index in [4.69, 9.17) is 9.47 Å². The van der Waals surface area contributed by atoms with Crippen molar-refractivity contribution < 1.29 is 23.5 Å². The average molecular weight is 357 g/mol. The number of anilines is 1. The number of benzene rings is 2. The van der Waals surface area contributed by atoms with Gasteiger partial charge in [-0.05, 0) is 44.0 Å². The molecule has 2 aromatic carbocycles. The minimum atomic E-state index is -1.03. The van der Waals surface area contributed by atoms with E-state index in [0.717, 1.165) is 23.7 Å². The van der Waals surface area contributed by atoms with Crippen molar-refractivity contribution >= 4 is 17.6 Å². The fourth-order valence-corrected chi connectivity index (χ4v) is 3.16. The van der Waals surface area contributed by atoms with Crippen LogP contribution >= 0.6 is 0 Å². The number of hydrogen-bond donors (Lipinski definition) is 0. The van der Waals surface area contributed by atoms with Gasteiger partial charge in [0.1, 0.15) is 11.6 Å². The average Bonchev–Trinajstić information content (AvgIpc) is 2.96. The van der Waals surface area contributed by atoms with E-state index in [0.29, 0.717) is 5.75 Å². The smallest absolute Gasteiger partial charge is 0.341 e. The molecule has 2 atom stereocenters. The lowest BCUT2D eigenvalue weighted by Gasteiger charge is -2.26. The first kappa shape index (κ1) is 17.9. The Labute approximate surface area is 151 Å². The Hall–Kier alpha value is -2.89. The van der Waals surface area contributed by atoms with Crippen LogP contribution in [0.15, 0.2) is 42.5 Å². The van der Waals surface area contributed by atoms with Gasteiger partial charge in [-0.1, -0.05) is 18.2 Å². The van der Waals surface area contributed by atoms with Crippen LogP contribution in [-0.4, -0.2) is 31.1 Å². The summed E-state index contributed by atoms with van der Waals surface area (Å²) in [5.74, 6) is -1.67. The third kappa shape index (κ3) is 3.27. The predicted molar refractivity (Wildman–Crippen MR) is 94.9 cm³/mol. The molecule has 6 heteroatoms. The summed E-state index contributed by atoms with van der Waals surface area (Å²) in [5, 5.41) is 0. The fraction of sp³-hybridized carbons (Fsp3) is 0.300. The van der Waals surface area contributed by atoms with Crippen molar-refractivity contribution in [2.24, 2.45) is 0 Å². The molecule has 0 spiro atoms. The lowest BCUT2D eigenvalue weighted by molar-refractivity contribution is -0.126. The number of fused-ring (bicyclic) bond motifs is 1. The topological polar surface area (TPSA) is 55.8 Å². The molecule has 26 heavy (non-hydrogen) atoms. The SMILES string of the molecule is COc1ccc(C(=O)O[C@H](C)C(=O)N2c3ccccc3C[C@H]2C)c(F)c1. The molecule has 136 valence electrons. The fourth-order valence-electron chi connectivity index (χ4n) is 3.16. The van der Waals surface area contributed by atoms with Crippen molar-refractivity contribution in [2.75, 3.05) is 12.0 Å². The molecule has 1 aliphatic heterocycles. The van der Waals surface area contributed by atoms with Crippen LogP contribution in [0.1, 0.15) is 29.8 Å². The minimum Gasteiger partial charge on any atom is -0.497 e. The normalized spacial score (nSPS) is 16.8. The molecule has 1 heterocycles. The maximum atomic E-state index is 14.0. The van der Waals surface area contributed by atoms with Crippen LogP contribution in [0.2, 0.25) is 0 Å². The predicted octanol–water partition coefficient (Wildman–Crippen LogP) is 3.36. The van der Waals surface area contributed by atoms with Gasteiger partial charge in [-0.2, -0.15) is 0 Å². The Morgan fingerprint density at radius 3 is 2.65 bits per heavy atom. The second-order valence-corrected chi connectivity index (χ2v) is 6.28. The van der Waals surface area contributed by atoms with E-state index in [1.807, 2.05) is 31.2 Å². The molecule has 0 N–H and O–H groups in total. The number of amides is 1.